The normalized spacial score (nSPS) is 21.1. The van der Waals surface area contributed by atoms with E-state index < -0.39 is 5.60 Å². The third-order valence-corrected chi connectivity index (χ3v) is 3.67. The van der Waals surface area contributed by atoms with Crippen LogP contribution in [0.3, 0.4) is 0 Å². The summed E-state index contributed by atoms with van der Waals surface area (Å²) in [5.41, 5.74) is 3.40. The maximum Gasteiger partial charge on any atom is 0.339 e. The molecular formula is C17H16O2. The van der Waals surface area contributed by atoms with Gasteiger partial charge in [0.1, 0.15) is 5.60 Å². The second-order valence-corrected chi connectivity index (χ2v) is 5.33. The third kappa shape index (κ3) is 2.03. The molecule has 1 aliphatic heterocycles. The van der Waals surface area contributed by atoms with Crippen LogP contribution in [-0.4, -0.2) is 5.97 Å². The zero-order valence-corrected chi connectivity index (χ0v) is 11.1. The van der Waals surface area contributed by atoms with E-state index in [1.54, 1.807) is 0 Å². The Labute approximate surface area is 113 Å². The molecule has 0 fully saturated rings. The van der Waals surface area contributed by atoms with E-state index in [0.29, 0.717) is 12.0 Å². The van der Waals surface area contributed by atoms with Crippen molar-refractivity contribution < 1.29 is 9.53 Å². The number of carbonyl (C=O) groups excluding carboxylic acids is 1. The molecule has 2 heteroatoms. The lowest BCUT2D eigenvalue weighted by Gasteiger charge is -2.24. The van der Waals surface area contributed by atoms with E-state index >= 15 is 0 Å². The fraction of sp³-hybridized carbons (Fsp3) is 0.235. The van der Waals surface area contributed by atoms with Gasteiger partial charge in [-0.3, -0.25) is 0 Å². The SMILES string of the molecule is Cc1ccc2c(c1)C(=O)OC2(C)Cc1ccccc1. The van der Waals surface area contributed by atoms with Gasteiger partial charge in [0.25, 0.3) is 0 Å². The largest absolute Gasteiger partial charge is 0.450 e. The van der Waals surface area contributed by atoms with Crippen molar-refractivity contribution in [2.24, 2.45) is 0 Å². The molecule has 0 spiro atoms. The molecular weight excluding hydrogens is 236 g/mol. The first kappa shape index (κ1) is 12.0. The van der Waals surface area contributed by atoms with E-state index in [1.807, 2.05) is 50.2 Å². The number of carbonyl (C=O) groups is 1. The first-order valence-electron chi connectivity index (χ1n) is 6.47. The summed E-state index contributed by atoms with van der Waals surface area (Å²) in [6.07, 6.45) is 0.704. The van der Waals surface area contributed by atoms with Crippen LogP contribution in [0.4, 0.5) is 0 Å². The van der Waals surface area contributed by atoms with Crippen LogP contribution in [-0.2, 0) is 16.8 Å². The first-order valence-corrected chi connectivity index (χ1v) is 6.47. The van der Waals surface area contributed by atoms with Crippen LogP contribution in [0.5, 0.6) is 0 Å². The highest BCUT2D eigenvalue weighted by Crippen LogP contribution is 2.39. The van der Waals surface area contributed by atoms with Gasteiger partial charge in [-0.2, -0.15) is 0 Å². The predicted molar refractivity (Wildman–Crippen MR) is 74.1 cm³/mol. The van der Waals surface area contributed by atoms with Crippen LogP contribution in [0.1, 0.15) is 34.0 Å². The summed E-state index contributed by atoms with van der Waals surface area (Å²) in [4.78, 5) is 12.0. The second-order valence-electron chi connectivity index (χ2n) is 5.33. The first-order chi connectivity index (χ1) is 9.08. The molecule has 1 heterocycles. The van der Waals surface area contributed by atoms with Crippen LogP contribution in [0.15, 0.2) is 48.5 Å². The van der Waals surface area contributed by atoms with E-state index in [2.05, 4.69) is 12.1 Å². The standard InChI is InChI=1S/C17H16O2/c1-12-8-9-15-14(10-12)16(18)19-17(15,2)11-13-6-4-3-5-7-13/h3-10H,11H2,1-2H3. The van der Waals surface area contributed by atoms with E-state index in [1.165, 1.54) is 5.56 Å². The van der Waals surface area contributed by atoms with Crippen molar-refractivity contribution in [2.75, 3.05) is 0 Å². The number of esters is 1. The molecule has 2 aromatic rings. The van der Waals surface area contributed by atoms with Gasteiger partial charge < -0.3 is 4.74 Å². The summed E-state index contributed by atoms with van der Waals surface area (Å²) < 4.78 is 5.64. The van der Waals surface area contributed by atoms with Crippen LogP contribution in [0, 0.1) is 6.92 Å². The number of fused-ring (bicyclic) bond motifs is 1. The maximum atomic E-state index is 12.0. The Kier molecular flexibility index (Phi) is 2.67. The maximum absolute atomic E-state index is 12.0. The Hall–Kier alpha value is -2.09. The van der Waals surface area contributed by atoms with Crippen molar-refractivity contribution >= 4 is 5.97 Å². The molecule has 96 valence electrons. The summed E-state index contributed by atoms with van der Waals surface area (Å²) in [7, 11) is 0. The van der Waals surface area contributed by atoms with E-state index in [-0.39, 0.29) is 5.97 Å². The van der Waals surface area contributed by atoms with Gasteiger partial charge in [-0.05, 0) is 25.5 Å². The molecule has 1 unspecified atom stereocenters. The zero-order valence-electron chi connectivity index (χ0n) is 11.1. The number of cyclic esters (lactones) is 1. The minimum absolute atomic E-state index is 0.211. The molecule has 1 atom stereocenters. The molecule has 0 amide bonds. The van der Waals surface area contributed by atoms with Crippen LogP contribution in [0.2, 0.25) is 0 Å². The van der Waals surface area contributed by atoms with Gasteiger partial charge in [0.05, 0.1) is 5.56 Å². The van der Waals surface area contributed by atoms with Crippen molar-refractivity contribution in [1.82, 2.24) is 0 Å². The number of hydrogen-bond donors (Lipinski definition) is 0. The fourth-order valence-corrected chi connectivity index (χ4v) is 2.72. The average Bonchev–Trinajstić information content (AvgIpc) is 2.62. The number of aryl methyl sites for hydroxylation is 1. The minimum Gasteiger partial charge on any atom is -0.450 e. The second kappa shape index (κ2) is 4.23. The fourth-order valence-electron chi connectivity index (χ4n) is 2.72. The highest BCUT2D eigenvalue weighted by molar-refractivity contribution is 5.95. The Balaban J connectivity index is 2.01. The lowest BCUT2D eigenvalue weighted by Crippen LogP contribution is -2.24. The number of benzene rings is 2. The molecule has 2 nitrogen and oxygen atoms in total. The average molecular weight is 252 g/mol. The quantitative estimate of drug-likeness (QED) is 0.763. The molecule has 19 heavy (non-hydrogen) atoms. The summed E-state index contributed by atoms with van der Waals surface area (Å²) >= 11 is 0. The van der Waals surface area contributed by atoms with Crippen molar-refractivity contribution in [2.45, 2.75) is 25.9 Å². The molecule has 0 aliphatic carbocycles. The number of ether oxygens (including phenoxy) is 1. The number of hydrogen-bond acceptors (Lipinski definition) is 2. The molecule has 0 bridgehead atoms. The number of rotatable bonds is 2. The Bertz CT molecular complexity index is 631. The Morgan fingerprint density at radius 3 is 2.58 bits per heavy atom. The van der Waals surface area contributed by atoms with Gasteiger partial charge in [-0.25, -0.2) is 4.79 Å². The molecule has 3 rings (SSSR count). The molecule has 0 saturated heterocycles. The zero-order chi connectivity index (χ0) is 13.5. The monoisotopic (exact) mass is 252 g/mol. The van der Waals surface area contributed by atoms with Crippen LogP contribution >= 0.6 is 0 Å². The lowest BCUT2D eigenvalue weighted by atomic mass is 9.87. The topological polar surface area (TPSA) is 26.3 Å². The van der Waals surface area contributed by atoms with Crippen molar-refractivity contribution in [3.63, 3.8) is 0 Å². The van der Waals surface area contributed by atoms with E-state index in [9.17, 15) is 4.79 Å². The highest BCUT2D eigenvalue weighted by Gasteiger charge is 2.41. The van der Waals surface area contributed by atoms with Crippen molar-refractivity contribution in [3.05, 3.63) is 70.8 Å². The van der Waals surface area contributed by atoms with Crippen LogP contribution < -0.4 is 0 Å². The van der Waals surface area contributed by atoms with Gasteiger partial charge in [0.2, 0.25) is 0 Å². The third-order valence-electron chi connectivity index (χ3n) is 3.67. The lowest BCUT2D eigenvalue weighted by molar-refractivity contribution is 0.00119. The van der Waals surface area contributed by atoms with Gasteiger partial charge in [-0.1, -0.05) is 48.0 Å². The van der Waals surface area contributed by atoms with Gasteiger partial charge in [0.15, 0.2) is 0 Å². The molecule has 0 aromatic heterocycles. The molecule has 0 saturated carbocycles. The molecule has 0 N–H and O–H groups in total. The van der Waals surface area contributed by atoms with Gasteiger partial charge in [-0.15, -0.1) is 0 Å². The molecule has 2 aromatic carbocycles. The van der Waals surface area contributed by atoms with Gasteiger partial charge >= 0.3 is 5.97 Å². The summed E-state index contributed by atoms with van der Waals surface area (Å²) in [6.45, 7) is 3.97. The van der Waals surface area contributed by atoms with E-state index in [4.69, 9.17) is 4.74 Å². The Morgan fingerprint density at radius 1 is 1.11 bits per heavy atom. The van der Waals surface area contributed by atoms with Gasteiger partial charge in [0, 0.05) is 12.0 Å². The summed E-state index contributed by atoms with van der Waals surface area (Å²) in [5, 5.41) is 0. The Morgan fingerprint density at radius 2 is 1.84 bits per heavy atom. The predicted octanol–water partition coefficient (Wildman–Crippen LogP) is 3.62. The van der Waals surface area contributed by atoms with E-state index in [0.717, 1.165) is 11.1 Å². The smallest absolute Gasteiger partial charge is 0.339 e. The summed E-state index contributed by atoms with van der Waals surface area (Å²) in [5.74, 6) is -0.211. The van der Waals surface area contributed by atoms with Crippen molar-refractivity contribution in [1.29, 1.82) is 0 Å². The highest BCUT2D eigenvalue weighted by atomic mass is 16.6. The molecule has 0 radical (unpaired) electrons. The molecule has 1 aliphatic rings. The van der Waals surface area contributed by atoms with Crippen LogP contribution in [0.25, 0.3) is 0 Å². The summed E-state index contributed by atoms with van der Waals surface area (Å²) in [6, 6.07) is 16.1. The van der Waals surface area contributed by atoms with Crippen molar-refractivity contribution in [3.8, 4) is 0 Å². The minimum atomic E-state index is -0.554.